The van der Waals surface area contributed by atoms with E-state index >= 15 is 0 Å². The number of anilines is 2. The van der Waals surface area contributed by atoms with Crippen LogP contribution < -0.4 is 25.6 Å². The number of aromatic nitrogens is 2. The number of nitrogens with two attached hydrogens (primary N) is 1. The van der Waals surface area contributed by atoms with E-state index in [1.54, 1.807) is 14.2 Å². The first-order valence-electron chi connectivity index (χ1n) is 7.50. The Balaban J connectivity index is 2.07. The number of nitrogen functional groups attached to an aromatic ring is 1. The van der Waals surface area contributed by atoms with E-state index in [9.17, 15) is 0 Å². The quantitative estimate of drug-likeness (QED) is 0.628. The summed E-state index contributed by atoms with van der Waals surface area (Å²) in [4.78, 5) is 13.7. The number of benzene rings is 1. The molecule has 0 bridgehead atoms. The number of piperazine rings is 1. The second-order valence-electron chi connectivity index (χ2n) is 5.53. The summed E-state index contributed by atoms with van der Waals surface area (Å²) in [5.74, 6) is 8.15. The van der Waals surface area contributed by atoms with Gasteiger partial charge in [-0.25, -0.2) is 10.8 Å². The van der Waals surface area contributed by atoms with Crippen LogP contribution in [0.25, 0.3) is 10.9 Å². The first-order chi connectivity index (χ1) is 11.2. The lowest BCUT2D eigenvalue weighted by Gasteiger charge is -2.32. The minimum atomic E-state index is 0.574. The number of fused-ring (bicyclic) bond motifs is 1. The van der Waals surface area contributed by atoms with Crippen molar-refractivity contribution in [2.24, 2.45) is 5.84 Å². The summed E-state index contributed by atoms with van der Waals surface area (Å²) in [6, 6.07) is 3.67. The molecule has 8 heteroatoms. The fourth-order valence-electron chi connectivity index (χ4n) is 2.70. The fourth-order valence-corrected chi connectivity index (χ4v) is 2.70. The number of nitrogens with one attached hydrogen (secondary N) is 1. The monoisotopic (exact) mass is 318 g/mol. The Morgan fingerprint density at radius 1 is 1.04 bits per heavy atom. The van der Waals surface area contributed by atoms with E-state index in [1.807, 2.05) is 12.1 Å². The summed E-state index contributed by atoms with van der Waals surface area (Å²) >= 11 is 0. The highest BCUT2D eigenvalue weighted by Crippen LogP contribution is 2.34. The van der Waals surface area contributed by atoms with Gasteiger partial charge in [0.2, 0.25) is 5.95 Å². The maximum absolute atomic E-state index is 5.66. The van der Waals surface area contributed by atoms with E-state index in [0.29, 0.717) is 23.3 Å². The van der Waals surface area contributed by atoms with E-state index < -0.39 is 0 Å². The highest BCUT2D eigenvalue weighted by atomic mass is 16.5. The van der Waals surface area contributed by atoms with Crippen molar-refractivity contribution in [1.82, 2.24) is 14.9 Å². The lowest BCUT2D eigenvalue weighted by molar-refractivity contribution is 0.311. The van der Waals surface area contributed by atoms with E-state index in [2.05, 4.69) is 32.2 Å². The van der Waals surface area contributed by atoms with Gasteiger partial charge in [-0.05, 0) is 13.1 Å². The Kier molecular flexibility index (Phi) is 4.35. The van der Waals surface area contributed by atoms with Gasteiger partial charge in [0.15, 0.2) is 17.3 Å². The topological polar surface area (TPSA) is 88.8 Å². The Morgan fingerprint density at radius 3 is 2.30 bits per heavy atom. The zero-order valence-corrected chi connectivity index (χ0v) is 13.7. The van der Waals surface area contributed by atoms with Crippen LogP contribution in [0.2, 0.25) is 0 Å². The SMILES string of the molecule is COc1cc2nc(N3CCN(C)CC3)nc(NN)c2cc1OC. The first-order valence-corrected chi connectivity index (χ1v) is 7.50. The van der Waals surface area contributed by atoms with Crippen LogP contribution in [0.1, 0.15) is 0 Å². The second-order valence-corrected chi connectivity index (χ2v) is 5.53. The molecular formula is C15H22N6O2. The molecule has 1 aliphatic rings. The molecule has 0 unspecified atom stereocenters. The standard InChI is InChI=1S/C15H22N6O2/c1-20-4-6-21(7-5-20)15-17-11-9-13(23-3)12(22-2)8-10(11)14(18-15)19-16/h8-9H,4-7,16H2,1-3H3,(H,17,18,19). The van der Waals surface area contributed by atoms with Gasteiger partial charge in [0.05, 0.1) is 19.7 Å². The van der Waals surface area contributed by atoms with E-state index in [4.69, 9.17) is 15.3 Å². The average molecular weight is 318 g/mol. The molecule has 2 heterocycles. The molecule has 1 saturated heterocycles. The number of nitrogens with zero attached hydrogens (tertiary/aromatic N) is 4. The van der Waals surface area contributed by atoms with Gasteiger partial charge in [0.1, 0.15) is 0 Å². The smallest absolute Gasteiger partial charge is 0.228 e. The molecule has 3 rings (SSSR count). The summed E-state index contributed by atoms with van der Waals surface area (Å²) in [5, 5.41) is 0.794. The number of hydrazine groups is 1. The summed E-state index contributed by atoms with van der Waals surface area (Å²) < 4.78 is 10.7. The van der Waals surface area contributed by atoms with Gasteiger partial charge in [-0.2, -0.15) is 4.98 Å². The molecule has 1 fully saturated rings. The number of hydrogen-bond acceptors (Lipinski definition) is 8. The third kappa shape index (κ3) is 2.95. The molecule has 23 heavy (non-hydrogen) atoms. The van der Waals surface area contributed by atoms with Crippen molar-refractivity contribution in [1.29, 1.82) is 0 Å². The van der Waals surface area contributed by atoms with Crippen LogP contribution in [0.5, 0.6) is 11.5 Å². The van der Waals surface area contributed by atoms with Crippen molar-refractivity contribution < 1.29 is 9.47 Å². The van der Waals surface area contributed by atoms with Crippen LogP contribution in [0, 0.1) is 0 Å². The van der Waals surface area contributed by atoms with Gasteiger partial charge in [-0.3, -0.25) is 0 Å². The minimum Gasteiger partial charge on any atom is -0.493 e. The predicted molar refractivity (Wildman–Crippen MR) is 90.2 cm³/mol. The Labute approximate surface area is 135 Å². The molecule has 1 aliphatic heterocycles. The Bertz CT molecular complexity index is 700. The van der Waals surface area contributed by atoms with Gasteiger partial charge in [0.25, 0.3) is 0 Å². The van der Waals surface area contributed by atoms with Crippen LogP contribution in [-0.4, -0.2) is 62.3 Å². The van der Waals surface area contributed by atoms with Crippen molar-refractivity contribution in [3.63, 3.8) is 0 Å². The van der Waals surface area contributed by atoms with Gasteiger partial charge in [-0.1, -0.05) is 0 Å². The van der Waals surface area contributed by atoms with E-state index in [-0.39, 0.29) is 0 Å². The Hall–Kier alpha value is -2.32. The summed E-state index contributed by atoms with van der Waals surface area (Å²) in [7, 11) is 5.32. The van der Waals surface area contributed by atoms with Crippen LogP contribution in [0.4, 0.5) is 11.8 Å². The van der Waals surface area contributed by atoms with Gasteiger partial charge in [0, 0.05) is 37.6 Å². The van der Waals surface area contributed by atoms with Crippen molar-refractivity contribution in [2.45, 2.75) is 0 Å². The average Bonchev–Trinajstić information content (AvgIpc) is 2.60. The van der Waals surface area contributed by atoms with Crippen LogP contribution >= 0.6 is 0 Å². The molecule has 1 aromatic heterocycles. The molecule has 0 saturated carbocycles. The predicted octanol–water partition coefficient (Wildman–Crippen LogP) is 0.684. The van der Waals surface area contributed by atoms with Gasteiger partial charge < -0.3 is 24.7 Å². The third-order valence-electron chi connectivity index (χ3n) is 4.11. The molecule has 2 aromatic rings. The van der Waals surface area contributed by atoms with Crippen molar-refractivity contribution in [3.8, 4) is 11.5 Å². The maximum atomic E-state index is 5.66. The molecule has 0 aliphatic carbocycles. The highest BCUT2D eigenvalue weighted by molar-refractivity contribution is 5.92. The molecule has 124 valence electrons. The summed E-state index contributed by atoms with van der Waals surface area (Å²) in [5.41, 5.74) is 3.43. The molecule has 0 spiro atoms. The molecule has 1 aromatic carbocycles. The van der Waals surface area contributed by atoms with E-state index in [0.717, 1.165) is 37.1 Å². The molecule has 0 atom stereocenters. The minimum absolute atomic E-state index is 0.574. The molecular weight excluding hydrogens is 296 g/mol. The normalized spacial score (nSPS) is 15.7. The van der Waals surface area contributed by atoms with Crippen molar-refractivity contribution in [2.75, 3.05) is 57.8 Å². The number of methoxy groups -OCH3 is 2. The van der Waals surface area contributed by atoms with E-state index in [1.165, 1.54) is 0 Å². The maximum Gasteiger partial charge on any atom is 0.228 e. The zero-order chi connectivity index (χ0) is 16.4. The van der Waals surface area contributed by atoms with Crippen LogP contribution in [0.3, 0.4) is 0 Å². The lowest BCUT2D eigenvalue weighted by Crippen LogP contribution is -2.45. The molecule has 3 N–H and O–H groups in total. The van der Waals surface area contributed by atoms with Crippen molar-refractivity contribution >= 4 is 22.7 Å². The number of ether oxygens (including phenoxy) is 2. The third-order valence-corrected chi connectivity index (χ3v) is 4.11. The lowest BCUT2D eigenvalue weighted by atomic mass is 10.2. The highest BCUT2D eigenvalue weighted by Gasteiger charge is 2.19. The number of likely N-dealkylation sites (N-methyl/N-ethyl adjacent to an activating group) is 1. The summed E-state index contributed by atoms with van der Waals surface area (Å²) in [6.45, 7) is 3.75. The van der Waals surface area contributed by atoms with Gasteiger partial charge in [-0.15, -0.1) is 0 Å². The first kappa shape index (κ1) is 15.6. The van der Waals surface area contributed by atoms with Crippen LogP contribution in [-0.2, 0) is 0 Å². The Morgan fingerprint density at radius 2 is 1.70 bits per heavy atom. The largest absolute Gasteiger partial charge is 0.493 e. The molecule has 0 radical (unpaired) electrons. The fraction of sp³-hybridized carbons (Fsp3) is 0.467. The zero-order valence-electron chi connectivity index (χ0n) is 13.7. The molecule has 0 amide bonds. The van der Waals surface area contributed by atoms with Crippen LogP contribution in [0.15, 0.2) is 12.1 Å². The number of rotatable bonds is 4. The van der Waals surface area contributed by atoms with Crippen molar-refractivity contribution in [3.05, 3.63) is 12.1 Å². The molecule has 8 nitrogen and oxygen atoms in total. The summed E-state index contributed by atoms with van der Waals surface area (Å²) in [6.07, 6.45) is 0. The second kappa shape index (κ2) is 6.43. The van der Waals surface area contributed by atoms with Gasteiger partial charge >= 0.3 is 0 Å². The number of hydrogen-bond donors (Lipinski definition) is 2.